The highest BCUT2D eigenvalue weighted by Crippen LogP contribution is 2.38. The summed E-state index contributed by atoms with van der Waals surface area (Å²) in [4.78, 5) is 0. The molecule has 0 bridgehead atoms. The van der Waals surface area contributed by atoms with Gasteiger partial charge in [0, 0.05) is 0 Å². The van der Waals surface area contributed by atoms with Gasteiger partial charge in [0.1, 0.15) is 73.2 Å². The fraction of sp³-hybridized carbons (Fsp3) is 1.00. The molecule has 3 rings (SSSR count). The summed E-state index contributed by atoms with van der Waals surface area (Å²) in [6.07, 6.45) is -23.1. The predicted octanol–water partition coefficient (Wildman–Crippen LogP) is -7.55. The molecule has 0 aromatic rings. The summed E-state index contributed by atoms with van der Waals surface area (Å²) in [6, 6.07) is 0. The zero-order valence-electron chi connectivity index (χ0n) is 16.7. The number of hydrogen-bond donors (Lipinski definition) is 11. The van der Waals surface area contributed by atoms with E-state index in [2.05, 4.69) is 0 Å². The molecule has 0 saturated carbocycles. The average molecular weight is 474 g/mol. The van der Waals surface area contributed by atoms with Crippen molar-refractivity contribution in [2.45, 2.75) is 85.3 Å². The lowest BCUT2D eigenvalue weighted by molar-refractivity contribution is -0.415. The molecule has 0 amide bonds. The average Bonchev–Trinajstić information content (AvgIpc) is 2.77. The molecular formula is C17H30O15. The van der Waals surface area contributed by atoms with E-state index in [4.69, 9.17) is 18.9 Å². The second-order valence-corrected chi connectivity index (χ2v) is 8.13. The molecule has 14 atom stereocenters. The van der Waals surface area contributed by atoms with Gasteiger partial charge in [0.2, 0.25) is 5.79 Å². The highest BCUT2D eigenvalue weighted by Gasteiger charge is 2.62. The number of rotatable bonds is 5. The molecule has 0 aliphatic carbocycles. The van der Waals surface area contributed by atoms with Gasteiger partial charge in [-0.1, -0.05) is 0 Å². The van der Waals surface area contributed by atoms with Crippen molar-refractivity contribution in [3.63, 3.8) is 0 Å². The third kappa shape index (κ3) is 4.40. The smallest absolute Gasteiger partial charge is 0.225 e. The van der Waals surface area contributed by atoms with E-state index in [0.717, 1.165) is 0 Å². The molecular weight excluding hydrogens is 444 g/mol. The highest BCUT2D eigenvalue weighted by atomic mass is 16.7. The third-order valence-electron chi connectivity index (χ3n) is 6.02. The summed E-state index contributed by atoms with van der Waals surface area (Å²) in [5.74, 6) is -2.87. The molecule has 3 heterocycles. The molecule has 15 nitrogen and oxygen atoms in total. The van der Waals surface area contributed by atoms with E-state index < -0.39 is 105 Å². The maximum absolute atomic E-state index is 10.9. The third-order valence-corrected chi connectivity index (χ3v) is 6.02. The first-order valence-electron chi connectivity index (χ1n) is 9.96. The van der Waals surface area contributed by atoms with Gasteiger partial charge in [-0.2, -0.15) is 0 Å². The Morgan fingerprint density at radius 3 is 1.97 bits per heavy atom. The second kappa shape index (κ2) is 9.95. The highest BCUT2D eigenvalue weighted by molar-refractivity contribution is 5.05. The fourth-order valence-corrected chi connectivity index (χ4v) is 4.07. The quantitative estimate of drug-likeness (QED) is 0.177. The van der Waals surface area contributed by atoms with E-state index in [1.807, 2.05) is 0 Å². The molecule has 0 aromatic heterocycles. The Balaban J connectivity index is 1.80. The molecule has 0 radical (unpaired) electrons. The first-order valence-corrected chi connectivity index (χ1v) is 9.96. The summed E-state index contributed by atoms with van der Waals surface area (Å²) in [6.45, 7) is -2.24. The van der Waals surface area contributed by atoms with Gasteiger partial charge >= 0.3 is 0 Å². The van der Waals surface area contributed by atoms with Gasteiger partial charge < -0.3 is 75.1 Å². The van der Waals surface area contributed by atoms with Crippen molar-refractivity contribution in [1.82, 2.24) is 0 Å². The molecule has 32 heavy (non-hydrogen) atoms. The number of aliphatic hydroxyl groups excluding tert-OH is 10. The molecule has 15 heteroatoms. The molecule has 3 saturated heterocycles. The van der Waals surface area contributed by atoms with E-state index in [1.165, 1.54) is 0 Å². The normalized spacial score (nSPS) is 55.0. The Morgan fingerprint density at radius 1 is 0.750 bits per heavy atom. The predicted molar refractivity (Wildman–Crippen MR) is 95.3 cm³/mol. The van der Waals surface area contributed by atoms with E-state index in [9.17, 15) is 56.2 Å². The minimum absolute atomic E-state index is 0.550. The Labute approximate surface area is 181 Å². The van der Waals surface area contributed by atoms with Crippen LogP contribution in [0.25, 0.3) is 0 Å². The fourth-order valence-electron chi connectivity index (χ4n) is 4.07. The van der Waals surface area contributed by atoms with Crippen molar-refractivity contribution in [3.05, 3.63) is 0 Å². The molecule has 188 valence electrons. The first-order chi connectivity index (χ1) is 15.0. The van der Waals surface area contributed by atoms with Crippen LogP contribution in [0.5, 0.6) is 0 Å². The summed E-state index contributed by atoms with van der Waals surface area (Å²) in [5.41, 5.74) is 0. The Kier molecular flexibility index (Phi) is 8.08. The van der Waals surface area contributed by atoms with Crippen molar-refractivity contribution in [3.8, 4) is 0 Å². The van der Waals surface area contributed by atoms with Crippen molar-refractivity contribution < 1.29 is 75.1 Å². The maximum atomic E-state index is 10.9. The van der Waals surface area contributed by atoms with Crippen LogP contribution < -0.4 is 0 Å². The van der Waals surface area contributed by atoms with E-state index >= 15 is 0 Å². The maximum Gasteiger partial charge on any atom is 0.225 e. The molecule has 3 aliphatic heterocycles. The summed E-state index contributed by atoms with van der Waals surface area (Å²) in [7, 11) is 0. The lowest BCUT2D eigenvalue weighted by Gasteiger charge is -2.52. The molecule has 3 fully saturated rings. The van der Waals surface area contributed by atoms with Crippen LogP contribution in [-0.4, -0.2) is 161 Å². The van der Waals surface area contributed by atoms with Gasteiger partial charge in [-0.05, 0) is 0 Å². The van der Waals surface area contributed by atoms with Gasteiger partial charge in [-0.3, -0.25) is 0 Å². The van der Waals surface area contributed by atoms with Crippen LogP contribution in [0.4, 0.5) is 0 Å². The summed E-state index contributed by atoms with van der Waals surface area (Å²) >= 11 is 0. The zero-order valence-corrected chi connectivity index (χ0v) is 16.7. The van der Waals surface area contributed by atoms with Crippen molar-refractivity contribution in [2.24, 2.45) is 0 Å². The number of aliphatic hydroxyl groups is 11. The van der Waals surface area contributed by atoms with Crippen LogP contribution in [-0.2, 0) is 18.9 Å². The monoisotopic (exact) mass is 474 g/mol. The SMILES string of the molecule is OC[C@H]1O[C@@H](O[C@H]2[C@H](O)[C@@H](O)C(O)(C3OC[C@@H](O)[C@H](O)[C@H]3O)O[C@@H]2CO)[C@H](O)[C@@H](O)[C@H]1O. The largest absolute Gasteiger partial charge is 0.394 e. The summed E-state index contributed by atoms with van der Waals surface area (Å²) < 4.78 is 20.9. The molecule has 0 spiro atoms. The standard InChI is InChI=1S/C17H30O15/c18-1-5-8(22)9(23)11(25)16(30-5)31-13-6(2-19)32-17(28,14(27)12(13)26)15-10(24)7(21)4(20)3-29-15/h4-16,18-28H,1-3H2/t4-,5-,6-,7+,8+,9+,10-,11-,12+,13-,14-,15?,16+,17?/m1/s1. The first kappa shape index (κ1) is 26.0. The zero-order chi connectivity index (χ0) is 24.0. The van der Waals surface area contributed by atoms with Crippen LogP contribution in [0, 0.1) is 0 Å². The Morgan fingerprint density at radius 2 is 1.38 bits per heavy atom. The van der Waals surface area contributed by atoms with Crippen LogP contribution in [0.1, 0.15) is 0 Å². The van der Waals surface area contributed by atoms with E-state index in [-0.39, 0.29) is 0 Å². The lowest BCUT2D eigenvalue weighted by Crippen LogP contribution is -2.74. The van der Waals surface area contributed by atoms with Crippen LogP contribution in [0.2, 0.25) is 0 Å². The van der Waals surface area contributed by atoms with Crippen molar-refractivity contribution in [1.29, 1.82) is 0 Å². The van der Waals surface area contributed by atoms with Crippen LogP contribution in [0.15, 0.2) is 0 Å². The Hall–Kier alpha value is -0.600. The van der Waals surface area contributed by atoms with E-state index in [1.54, 1.807) is 0 Å². The topological polar surface area (TPSA) is 259 Å². The summed E-state index contributed by atoms with van der Waals surface area (Å²) in [5, 5.41) is 110. The van der Waals surface area contributed by atoms with E-state index in [0.29, 0.717) is 0 Å². The van der Waals surface area contributed by atoms with Gasteiger partial charge in [0.15, 0.2) is 6.29 Å². The Bertz CT molecular complexity index is 621. The van der Waals surface area contributed by atoms with Gasteiger partial charge in [0.25, 0.3) is 0 Å². The molecule has 0 aromatic carbocycles. The lowest BCUT2D eigenvalue weighted by atomic mass is 9.84. The van der Waals surface area contributed by atoms with Gasteiger partial charge in [0.05, 0.1) is 19.8 Å². The number of hydrogen-bond acceptors (Lipinski definition) is 15. The second-order valence-electron chi connectivity index (χ2n) is 8.13. The van der Waals surface area contributed by atoms with Crippen LogP contribution in [0.3, 0.4) is 0 Å². The molecule has 2 unspecified atom stereocenters. The number of ether oxygens (including phenoxy) is 4. The molecule has 3 aliphatic rings. The van der Waals surface area contributed by atoms with Gasteiger partial charge in [-0.15, -0.1) is 0 Å². The van der Waals surface area contributed by atoms with Crippen molar-refractivity contribution in [2.75, 3.05) is 19.8 Å². The molecule has 11 N–H and O–H groups in total. The minimum atomic E-state index is -2.87. The van der Waals surface area contributed by atoms with Crippen molar-refractivity contribution >= 4 is 0 Å². The van der Waals surface area contributed by atoms with Gasteiger partial charge in [-0.25, -0.2) is 0 Å². The minimum Gasteiger partial charge on any atom is -0.394 e. The van der Waals surface area contributed by atoms with Crippen LogP contribution >= 0.6 is 0 Å².